The third-order valence-corrected chi connectivity index (χ3v) is 4.44. The number of nitrogens with zero attached hydrogens (tertiary/aromatic N) is 1. The van der Waals surface area contributed by atoms with Crippen LogP contribution in [0.5, 0.6) is 0 Å². The van der Waals surface area contributed by atoms with E-state index in [0.29, 0.717) is 0 Å². The lowest BCUT2D eigenvalue weighted by Gasteiger charge is -2.02. The largest absolute Gasteiger partial charge is 0.476 e. The molecule has 100 valence electrons. The van der Waals surface area contributed by atoms with Crippen LogP contribution in [-0.2, 0) is 6.42 Å². The van der Waals surface area contributed by atoms with Gasteiger partial charge in [0.1, 0.15) is 0 Å². The standard InChI is InChI=1S/C16H13NO2S/c1-2-13-17-14(16(18)19)15(20-13)12-8-7-10-5-3-4-6-11(10)9-12/h3-9H,2H2,1H3,(H,18,19). The van der Waals surface area contributed by atoms with Crippen molar-refractivity contribution in [2.24, 2.45) is 0 Å². The number of carboxylic acids is 1. The van der Waals surface area contributed by atoms with Crippen molar-refractivity contribution in [3.63, 3.8) is 0 Å². The number of carboxylic acid groups (broad SMARTS) is 1. The Balaban J connectivity index is 2.19. The smallest absolute Gasteiger partial charge is 0.356 e. The first kappa shape index (κ1) is 12.8. The molecule has 1 heterocycles. The molecule has 0 spiro atoms. The molecule has 0 saturated heterocycles. The molecule has 2 aromatic carbocycles. The first-order valence-corrected chi connectivity index (χ1v) is 7.23. The Hall–Kier alpha value is -2.20. The minimum Gasteiger partial charge on any atom is -0.476 e. The van der Waals surface area contributed by atoms with Gasteiger partial charge in [0.2, 0.25) is 0 Å². The quantitative estimate of drug-likeness (QED) is 0.782. The molecule has 3 nitrogen and oxygen atoms in total. The molecule has 0 aliphatic heterocycles. The molecule has 0 saturated carbocycles. The molecule has 0 aliphatic carbocycles. The first-order valence-electron chi connectivity index (χ1n) is 6.41. The third kappa shape index (κ3) is 2.18. The van der Waals surface area contributed by atoms with Gasteiger partial charge >= 0.3 is 5.97 Å². The molecule has 0 unspecified atom stereocenters. The molecule has 3 aromatic rings. The van der Waals surface area contributed by atoms with E-state index in [2.05, 4.69) is 4.98 Å². The summed E-state index contributed by atoms with van der Waals surface area (Å²) in [5, 5.41) is 12.4. The monoisotopic (exact) mass is 283 g/mol. The first-order chi connectivity index (χ1) is 9.69. The van der Waals surface area contributed by atoms with Gasteiger partial charge in [-0.1, -0.05) is 43.3 Å². The Bertz CT molecular complexity index is 792. The molecule has 0 bridgehead atoms. The molecule has 1 aromatic heterocycles. The summed E-state index contributed by atoms with van der Waals surface area (Å²) in [7, 11) is 0. The summed E-state index contributed by atoms with van der Waals surface area (Å²) >= 11 is 1.46. The van der Waals surface area contributed by atoms with Gasteiger partial charge < -0.3 is 5.11 Å². The highest BCUT2D eigenvalue weighted by molar-refractivity contribution is 7.15. The SMILES string of the molecule is CCc1nc(C(=O)O)c(-c2ccc3ccccc3c2)s1. The van der Waals surface area contributed by atoms with Crippen molar-refractivity contribution < 1.29 is 9.90 Å². The van der Waals surface area contributed by atoms with Gasteiger partial charge in [0.15, 0.2) is 5.69 Å². The average Bonchev–Trinajstić information content (AvgIpc) is 2.91. The molecule has 3 rings (SSSR count). The number of thiazole rings is 1. The second-order valence-corrected chi connectivity index (χ2v) is 5.59. The Morgan fingerprint density at radius 1 is 1.20 bits per heavy atom. The minimum atomic E-state index is -0.968. The second kappa shape index (κ2) is 5.06. The summed E-state index contributed by atoms with van der Waals surface area (Å²) in [4.78, 5) is 16.3. The summed E-state index contributed by atoms with van der Waals surface area (Å²) in [6.07, 6.45) is 0.749. The van der Waals surface area contributed by atoms with E-state index in [9.17, 15) is 9.90 Å². The van der Waals surface area contributed by atoms with Gasteiger partial charge in [-0.2, -0.15) is 0 Å². The summed E-state index contributed by atoms with van der Waals surface area (Å²) in [6, 6.07) is 14.0. The summed E-state index contributed by atoms with van der Waals surface area (Å²) in [5.41, 5.74) is 1.07. The molecule has 0 radical (unpaired) electrons. The summed E-state index contributed by atoms with van der Waals surface area (Å²) in [5.74, 6) is -0.968. The zero-order chi connectivity index (χ0) is 14.1. The van der Waals surface area contributed by atoms with E-state index in [4.69, 9.17) is 0 Å². The molecular weight excluding hydrogens is 270 g/mol. The van der Waals surface area contributed by atoms with Crippen molar-refractivity contribution in [3.8, 4) is 10.4 Å². The van der Waals surface area contributed by atoms with Crippen LogP contribution in [0.25, 0.3) is 21.2 Å². The summed E-state index contributed by atoms with van der Waals surface area (Å²) in [6.45, 7) is 1.98. The van der Waals surface area contributed by atoms with E-state index in [1.165, 1.54) is 11.3 Å². The molecule has 0 aliphatic rings. The van der Waals surface area contributed by atoms with Crippen molar-refractivity contribution in [2.75, 3.05) is 0 Å². The van der Waals surface area contributed by atoms with Crippen molar-refractivity contribution in [3.05, 3.63) is 53.2 Å². The molecule has 4 heteroatoms. The van der Waals surface area contributed by atoms with Crippen LogP contribution in [0.4, 0.5) is 0 Å². The Morgan fingerprint density at radius 3 is 2.65 bits per heavy atom. The van der Waals surface area contributed by atoms with E-state index in [0.717, 1.165) is 32.6 Å². The predicted octanol–water partition coefficient (Wildman–Crippen LogP) is 4.22. The number of carbonyl (C=O) groups is 1. The highest BCUT2D eigenvalue weighted by Crippen LogP contribution is 2.32. The molecule has 0 atom stereocenters. The lowest BCUT2D eigenvalue weighted by Crippen LogP contribution is -1.99. The topological polar surface area (TPSA) is 50.2 Å². The van der Waals surface area contributed by atoms with E-state index in [-0.39, 0.29) is 5.69 Å². The zero-order valence-electron chi connectivity index (χ0n) is 11.0. The number of hydrogen-bond acceptors (Lipinski definition) is 3. The van der Waals surface area contributed by atoms with E-state index < -0.39 is 5.97 Å². The van der Waals surface area contributed by atoms with Gasteiger partial charge in [-0.3, -0.25) is 0 Å². The number of rotatable bonds is 3. The highest BCUT2D eigenvalue weighted by atomic mass is 32.1. The molecule has 0 fully saturated rings. The fourth-order valence-corrected chi connectivity index (χ4v) is 3.18. The van der Waals surface area contributed by atoms with Crippen LogP contribution in [0.1, 0.15) is 22.4 Å². The number of hydrogen-bond donors (Lipinski definition) is 1. The van der Waals surface area contributed by atoms with Crippen molar-refractivity contribution in [2.45, 2.75) is 13.3 Å². The van der Waals surface area contributed by atoms with Gasteiger partial charge in [-0.15, -0.1) is 11.3 Å². The lowest BCUT2D eigenvalue weighted by atomic mass is 10.1. The van der Waals surface area contributed by atoms with E-state index in [1.807, 2.05) is 49.4 Å². The molecule has 0 amide bonds. The number of aromatic nitrogens is 1. The lowest BCUT2D eigenvalue weighted by molar-refractivity contribution is 0.0692. The van der Waals surface area contributed by atoms with Crippen LogP contribution in [0.2, 0.25) is 0 Å². The van der Waals surface area contributed by atoms with Gasteiger partial charge in [0, 0.05) is 0 Å². The number of aromatic carboxylic acids is 1. The molecule has 1 N–H and O–H groups in total. The van der Waals surface area contributed by atoms with Crippen LogP contribution in [-0.4, -0.2) is 16.1 Å². The van der Waals surface area contributed by atoms with Crippen LogP contribution in [0, 0.1) is 0 Å². The number of fused-ring (bicyclic) bond motifs is 1. The fourth-order valence-electron chi connectivity index (χ4n) is 2.19. The Kier molecular flexibility index (Phi) is 3.24. The fraction of sp³-hybridized carbons (Fsp3) is 0.125. The average molecular weight is 283 g/mol. The van der Waals surface area contributed by atoms with Gasteiger partial charge in [0.25, 0.3) is 0 Å². The summed E-state index contributed by atoms with van der Waals surface area (Å²) < 4.78 is 0. The van der Waals surface area contributed by atoms with Crippen LogP contribution < -0.4 is 0 Å². The van der Waals surface area contributed by atoms with Crippen molar-refractivity contribution in [1.82, 2.24) is 4.98 Å². The minimum absolute atomic E-state index is 0.155. The maximum absolute atomic E-state index is 11.3. The molecule has 20 heavy (non-hydrogen) atoms. The maximum Gasteiger partial charge on any atom is 0.356 e. The van der Waals surface area contributed by atoms with Gasteiger partial charge in [0.05, 0.1) is 9.88 Å². The van der Waals surface area contributed by atoms with Gasteiger partial charge in [-0.25, -0.2) is 9.78 Å². The van der Waals surface area contributed by atoms with Crippen LogP contribution >= 0.6 is 11.3 Å². The third-order valence-electron chi connectivity index (χ3n) is 3.19. The van der Waals surface area contributed by atoms with Crippen LogP contribution in [0.15, 0.2) is 42.5 Å². The molecular formula is C16H13NO2S. The second-order valence-electron chi connectivity index (χ2n) is 4.51. The van der Waals surface area contributed by atoms with E-state index >= 15 is 0 Å². The van der Waals surface area contributed by atoms with Crippen LogP contribution in [0.3, 0.4) is 0 Å². The Labute approximate surface area is 120 Å². The maximum atomic E-state index is 11.3. The number of aryl methyl sites for hydroxylation is 1. The highest BCUT2D eigenvalue weighted by Gasteiger charge is 2.18. The van der Waals surface area contributed by atoms with Gasteiger partial charge in [-0.05, 0) is 28.8 Å². The van der Waals surface area contributed by atoms with E-state index in [1.54, 1.807) is 0 Å². The van der Waals surface area contributed by atoms with Crippen molar-refractivity contribution >= 4 is 28.1 Å². The normalized spacial score (nSPS) is 10.8. The Morgan fingerprint density at radius 2 is 1.95 bits per heavy atom. The van der Waals surface area contributed by atoms with Crippen molar-refractivity contribution in [1.29, 1.82) is 0 Å². The predicted molar refractivity (Wildman–Crippen MR) is 81.4 cm³/mol. The number of benzene rings is 2. The zero-order valence-corrected chi connectivity index (χ0v) is 11.8.